The summed E-state index contributed by atoms with van der Waals surface area (Å²) >= 11 is 14.5. The molecule has 3 rings (SSSR count). The molecule has 0 aromatic heterocycles. The van der Waals surface area contributed by atoms with E-state index in [4.69, 9.17) is 23.2 Å². The second-order valence-electron chi connectivity index (χ2n) is 5.87. The molecule has 0 fully saturated rings. The van der Waals surface area contributed by atoms with Gasteiger partial charge >= 0.3 is 0 Å². The topological polar surface area (TPSA) is 29.1 Å². The number of carbonyl (C=O) groups excluding carboxylic acids is 1. The summed E-state index contributed by atoms with van der Waals surface area (Å²) in [6.45, 7) is 0. The number of Topliss-reactive ketones (excluding diaryl/α,β-unsaturated/α-hetero) is 1. The van der Waals surface area contributed by atoms with Gasteiger partial charge in [0.25, 0.3) is 0 Å². The fourth-order valence-corrected chi connectivity index (χ4v) is 3.32. The Morgan fingerprint density at radius 1 is 0.923 bits per heavy atom. The van der Waals surface area contributed by atoms with Crippen LogP contribution < -0.4 is 5.32 Å². The van der Waals surface area contributed by atoms with Crippen LogP contribution in [0.15, 0.2) is 72.8 Å². The molecule has 1 N–H and O–H groups in total. The summed E-state index contributed by atoms with van der Waals surface area (Å²) in [5, 5.41) is 4.42. The van der Waals surface area contributed by atoms with Crippen LogP contribution in [0.1, 0.15) is 28.4 Å². The van der Waals surface area contributed by atoms with Gasteiger partial charge in [-0.05, 0) is 64.6 Å². The first-order valence-corrected chi connectivity index (χ1v) is 9.91. The molecule has 1 atom stereocenters. The summed E-state index contributed by atoms with van der Waals surface area (Å²) in [5.41, 5.74) is 2.56. The standard InChI is InChI=1S/C21H16Cl2INO/c22-18-11-6-15(12-19(18)23)20(25-17-9-7-16(24)8-10-17)13-21(26)14-4-2-1-3-5-14/h1-12,20,25H,13H2. The van der Waals surface area contributed by atoms with Crippen LogP contribution in [0.4, 0.5) is 5.69 Å². The minimum Gasteiger partial charge on any atom is -0.378 e. The van der Waals surface area contributed by atoms with Crippen LogP contribution in [0.3, 0.4) is 0 Å². The molecule has 0 saturated heterocycles. The summed E-state index contributed by atoms with van der Waals surface area (Å²) in [6, 6.07) is 22.6. The van der Waals surface area contributed by atoms with E-state index in [2.05, 4.69) is 27.9 Å². The van der Waals surface area contributed by atoms with Crippen LogP contribution in [0.5, 0.6) is 0 Å². The van der Waals surface area contributed by atoms with E-state index in [1.165, 1.54) is 0 Å². The maximum Gasteiger partial charge on any atom is 0.165 e. The van der Waals surface area contributed by atoms with E-state index in [1.807, 2.05) is 66.7 Å². The molecule has 0 saturated carbocycles. The maximum atomic E-state index is 12.7. The van der Waals surface area contributed by atoms with E-state index >= 15 is 0 Å². The summed E-state index contributed by atoms with van der Waals surface area (Å²) in [7, 11) is 0. The number of halogens is 3. The second-order valence-corrected chi connectivity index (χ2v) is 7.93. The Labute approximate surface area is 176 Å². The van der Waals surface area contributed by atoms with Gasteiger partial charge in [0.05, 0.1) is 16.1 Å². The highest BCUT2D eigenvalue weighted by molar-refractivity contribution is 14.1. The van der Waals surface area contributed by atoms with Gasteiger partial charge in [-0.1, -0.05) is 59.6 Å². The first-order chi connectivity index (χ1) is 12.5. The lowest BCUT2D eigenvalue weighted by Crippen LogP contribution is -2.16. The Morgan fingerprint density at radius 3 is 2.27 bits per heavy atom. The lowest BCUT2D eigenvalue weighted by Gasteiger charge is -2.21. The predicted octanol–water partition coefficient (Wildman–Crippen LogP) is 7.02. The molecule has 0 spiro atoms. The molecule has 0 heterocycles. The fraction of sp³-hybridized carbons (Fsp3) is 0.0952. The van der Waals surface area contributed by atoms with Crippen molar-refractivity contribution in [3.05, 3.63) is 97.5 Å². The molecule has 5 heteroatoms. The van der Waals surface area contributed by atoms with Crippen molar-refractivity contribution in [3.63, 3.8) is 0 Å². The lowest BCUT2D eigenvalue weighted by molar-refractivity contribution is 0.0976. The predicted molar refractivity (Wildman–Crippen MR) is 117 cm³/mol. The highest BCUT2D eigenvalue weighted by Gasteiger charge is 2.18. The smallest absolute Gasteiger partial charge is 0.165 e. The minimum absolute atomic E-state index is 0.0692. The average molecular weight is 496 g/mol. The van der Waals surface area contributed by atoms with Crippen molar-refractivity contribution >= 4 is 57.3 Å². The molecule has 1 unspecified atom stereocenters. The second kappa shape index (κ2) is 8.89. The molecule has 0 aliphatic heterocycles. The Hall–Kier alpha value is -1.56. The van der Waals surface area contributed by atoms with Gasteiger partial charge in [0.15, 0.2) is 5.78 Å². The number of benzene rings is 3. The van der Waals surface area contributed by atoms with Crippen molar-refractivity contribution in [2.24, 2.45) is 0 Å². The van der Waals surface area contributed by atoms with Crippen molar-refractivity contribution in [1.29, 1.82) is 0 Å². The monoisotopic (exact) mass is 495 g/mol. The number of rotatable bonds is 6. The Morgan fingerprint density at radius 2 is 1.62 bits per heavy atom. The Kier molecular flexibility index (Phi) is 6.57. The van der Waals surface area contributed by atoms with Gasteiger partial charge in [-0.15, -0.1) is 0 Å². The van der Waals surface area contributed by atoms with Crippen LogP contribution in [-0.4, -0.2) is 5.78 Å². The normalized spacial score (nSPS) is 11.8. The number of nitrogens with one attached hydrogen (secondary N) is 1. The number of anilines is 1. The van der Waals surface area contributed by atoms with Gasteiger partial charge in [-0.2, -0.15) is 0 Å². The van der Waals surface area contributed by atoms with E-state index in [9.17, 15) is 4.79 Å². The number of hydrogen-bond donors (Lipinski definition) is 1. The molecule has 3 aromatic carbocycles. The van der Waals surface area contributed by atoms with E-state index in [-0.39, 0.29) is 11.8 Å². The third-order valence-electron chi connectivity index (χ3n) is 4.02. The third kappa shape index (κ3) is 5.00. The summed E-state index contributed by atoms with van der Waals surface area (Å²) in [5.74, 6) is 0.0692. The van der Waals surface area contributed by atoms with Crippen molar-refractivity contribution in [3.8, 4) is 0 Å². The summed E-state index contributed by atoms with van der Waals surface area (Å²) in [4.78, 5) is 12.7. The highest BCUT2D eigenvalue weighted by atomic mass is 127. The summed E-state index contributed by atoms with van der Waals surface area (Å²) < 4.78 is 1.15. The summed E-state index contributed by atoms with van der Waals surface area (Å²) in [6.07, 6.45) is 0.313. The molecule has 0 aliphatic carbocycles. The van der Waals surface area contributed by atoms with Crippen LogP contribution in [0, 0.1) is 3.57 Å². The van der Waals surface area contributed by atoms with Crippen molar-refractivity contribution in [2.45, 2.75) is 12.5 Å². The first-order valence-electron chi connectivity index (χ1n) is 8.08. The zero-order chi connectivity index (χ0) is 18.5. The van der Waals surface area contributed by atoms with Gasteiger partial charge in [-0.25, -0.2) is 0 Å². The van der Waals surface area contributed by atoms with E-state index in [0.717, 1.165) is 14.8 Å². The molecule has 2 nitrogen and oxygen atoms in total. The van der Waals surface area contributed by atoms with E-state index < -0.39 is 0 Å². The molecule has 26 heavy (non-hydrogen) atoms. The Balaban J connectivity index is 1.88. The molecular formula is C21H16Cl2INO. The molecule has 3 aromatic rings. The largest absolute Gasteiger partial charge is 0.378 e. The lowest BCUT2D eigenvalue weighted by atomic mass is 9.97. The van der Waals surface area contributed by atoms with Gasteiger partial charge in [-0.3, -0.25) is 4.79 Å². The minimum atomic E-state index is -0.211. The average Bonchev–Trinajstić information content (AvgIpc) is 2.66. The number of hydrogen-bond acceptors (Lipinski definition) is 2. The third-order valence-corrected chi connectivity index (χ3v) is 5.47. The SMILES string of the molecule is O=C(CC(Nc1ccc(I)cc1)c1ccc(Cl)c(Cl)c1)c1ccccc1. The van der Waals surface area contributed by atoms with Crippen molar-refractivity contribution in [2.75, 3.05) is 5.32 Å². The molecule has 0 aliphatic rings. The molecule has 0 radical (unpaired) electrons. The van der Waals surface area contributed by atoms with Gasteiger partial charge < -0.3 is 5.32 Å². The van der Waals surface area contributed by atoms with Crippen LogP contribution in [-0.2, 0) is 0 Å². The van der Waals surface area contributed by atoms with Crippen molar-refractivity contribution in [1.82, 2.24) is 0 Å². The molecular weight excluding hydrogens is 480 g/mol. The van der Waals surface area contributed by atoms with Crippen molar-refractivity contribution < 1.29 is 4.79 Å². The maximum absolute atomic E-state index is 12.7. The quantitative estimate of drug-likeness (QED) is 0.294. The zero-order valence-electron chi connectivity index (χ0n) is 13.8. The zero-order valence-corrected chi connectivity index (χ0v) is 17.4. The number of ketones is 1. The van der Waals surface area contributed by atoms with Crippen LogP contribution >= 0.6 is 45.8 Å². The Bertz CT molecular complexity index is 898. The number of carbonyl (C=O) groups is 1. The highest BCUT2D eigenvalue weighted by Crippen LogP contribution is 2.30. The molecule has 0 bridgehead atoms. The van der Waals surface area contributed by atoms with Gasteiger partial charge in [0.2, 0.25) is 0 Å². The molecule has 0 amide bonds. The van der Waals surface area contributed by atoms with E-state index in [1.54, 1.807) is 6.07 Å². The van der Waals surface area contributed by atoms with Gasteiger partial charge in [0, 0.05) is 21.2 Å². The van der Waals surface area contributed by atoms with Crippen LogP contribution in [0.25, 0.3) is 0 Å². The van der Waals surface area contributed by atoms with Crippen LogP contribution in [0.2, 0.25) is 10.0 Å². The van der Waals surface area contributed by atoms with Gasteiger partial charge in [0.1, 0.15) is 0 Å². The molecule has 132 valence electrons. The van der Waals surface area contributed by atoms with E-state index in [0.29, 0.717) is 22.0 Å². The fourth-order valence-electron chi connectivity index (χ4n) is 2.66. The first kappa shape index (κ1) is 19.2.